The van der Waals surface area contributed by atoms with Crippen LogP contribution >= 0.6 is 0 Å². The molecular weight excluding hydrogens is 232 g/mol. The number of rotatable bonds is 3. The lowest BCUT2D eigenvalue weighted by molar-refractivity contribution is 0.185. The second kappa shape index (κ2) is 4.53. The molecule has 2 aromatic heterocycles. The zero-order chi connectivity index (χ0) is 12.5. The number of nitrogens with one attached hydrogen (secondary N) is 1. The summed E-state index contributed by atoms with van der Waals surface area (Å²) in [6.45, 7) is 1.02. The lowest BCUT2D eigenvalue weighted by Crippen LogP contribution is -2.18. The van der Waals surface area contributed by atoms with Gasteiger partial charge >= 0.3 is 0 Å². The third-order valence-corrected chi connectivity index (χ3v) is 3.89. The number of imidazole rings is 1. The van der Waals surface area contributed by atoms with Gasteiger partial charge in [-0.15, -0.1) is 0 Å². The number of aliphatic hydroxyl groups excluding tert-OH is 1. The van der Waals surface area contributed by atoms with Crippen LogP contribution in [0.4, 0.5) is 0 Å². The van der Waals surface area contributed by atoms with E-state index in [1.807, 2.05) is 4.57 Å². The Kier molecular flexibility index (Phi) is 2.87. The number of hydrogen-bond donors (Lipinski definition) is 2. The molecule has 6 heteroatoms. The Morgan fingerprint density at radius 3 is 3.06 bits per heavy atom. The molecule has 0 bridgehead atoms. The van der Waals surface area contributed by atoms with E-state index in [9.17, 15) is 9.90 Å². The lowest BCUT2D eigenvalue weighted by Gasteiger charge is -2.17. The summed E-state index contributed by atoms with van der Waals surface area (Å²) in [6.07, 6.45) is 6.44. The molecule has 2 aromatic rings. The lowest BCUT2D eigenvalue weighted by atomic mass is 9.97. The van der Waals surface area contributed by atoms with Crippen molar-refractivity contribution in [3.8, 4) is 0 Å². The van der Waals surface area contributed by atoms with Crippen molar-refractivity contribution in [3.63, 3.8) is 0 Å². The molecular formula is C12H16N4O2. The molecule has 0 aliphatic heterocycles. The van der Waals surface area contributed by atoms with Crippen molar-refractivity contribution in [2.45, 2.75) is 25.8 Å². The minimum absolute atomic E-state index is 0.205. The highest BCUT2D eigenvalue weighted by atomic mass is 16.3. The van der Waals surface area contributed by atoms with Gasteiger partial charge in [0.2, 0.25) is 0 Å². The number of aliphatic hydroxyl groups is 1. The van der Waals surface area contributed by atoms with Crippen LogP contribution in [0, 0.1) is 11.8 Å². The van der Waals surface area contributed by atoms with Crippen molar-refractivity contribution in [1.82, 2.24) is 19.5 Å². The molecule has 1 aliphatic carbocycles. The third kappa shape index (κ3) is 1.82. The number of fused-ring (bicyclic) bond motifs is 1. The summed E-state index contributed by atoms with van der Waals surface area (Å²) >= 11 is 0. The number of nitrogens with zero attached hydrogens (tertiary/aromatic N) is 3. The van der Waals surface area contributed by atoms with Gasteiger partial charge in [-0.25, -0.2) is 9.97 Å². The third-order valence-electron chi connectivity index (χ3n) is 3.89. The van der Waals surface area contributed by atoms with Gasteiger partial charge in [0.25, 0.3) is 5.56 Å². The van der Waals surface area contributed by atoms with E-state index in [1.54, 1.807) is 6.33 Å². The van der Waals surface area contributed by atoms with Crippen LogP contribution < -0.4 is 5.56 Å². The largest absolute Gasteiger partial charge is 0.396 e. The molecule has 1 aliphatic rings. The van der Waals surface area contributed by atoms with Crippen LogP contribution in [-0.4, -0.2) is 31.2 Å². The standard InChI is InChI=1S/C12H16N4O2/c17-5-9-3-1-2-8(9)4-16-7-15-10-11(16)13-6-14-12(10)18/h6-9,17H,1-5H2,(H,13,14,18)/t8-,9+/m1/s1. The summed E-state index contributed by atoms with van der Waals surface area (Å²) in [5, 5.41) is 9.33. The summed E-state index contributed by atoms with van der Waals surface area (Å²) in [5.41, 5.74) is 0.808. The zero-order valence-corrected chi connectivity index (χ0v) is 10.0. The number of aromatic amines is 1. The second-order valence-electron chi connectivity index (χ2n) is 4.93. The van der Waals surface area contributed by atoms with Gasteiger partial charge < -0.3 is 14.7 Å². The highest BCUT2D eigenvalue weighted by Gasteiger charge is 2.27. The van der Waals surface area contributed by atoms with E-state index in [2.05, 4.69) is 15.0 Å². The second-order valence-corrected chi connectivity index (χ2v) is 4.93. The SMILES string of the molecule is O=c1[nH]cnc2c1ncn2C[C@H]1CCC[C@H]1CO. The number of aromatic nitrogens is 4. The topological polar surface area (TPSA) is 83.8 Å². The number of hydrogen-bond acceptors (Lipinski definition) is 4. The van der Waals surface area contributed by atoms with E-state index in [0.29, 0.717) is 23.0 Å². The van der Waals surface area contributed by atoms with Gasteiger partial charge in [-0.1, -0.05) is 6.42 Å². The van der Waals surface area contributed by atoms with Gasteiger partial charge in [0.05, 0.1) is 12.7 Å². The maximum absolute atomic E-state index is 11.5. The first-order valence-corrected chi connectivity index (χ1v) is 6.29. The molecule has 1 saturated carbocycles. The van der Waals surface area contributed by atoms with Crippen LogP contribution in [0.25, 0.3) is 11.2 Å². The molecule has 0 unspecified atom stereocenters. The molecule has 2 atom stereocenters. The predicted octanol–water partition coefficient (Wildman–Crippen LogP) is 0.528. The minimum Gasteiger partial charge on any atom is -0.396 e. The average molecular weight is 248 g/mol. The maximum atomic E-state index is 11.5. The monoisotopic (exact) mass is 248 g/mol. The van der Waals surface area contributed by atoms with E-state index in [-0.39, 0.29) is 12.2 Å². The molecule has 0 amide bonds. The van der Waals surface area contributed by atoms with Gasteiger partial charge in [0.1, 0.15) is 0 Å². The molecule has 0 aromatic carbocycles. The average Bonchev–Trinajstić information content (AvgIpc) is 2.98. The van der Waals surface area contributed by atoms with Crippen molar-refractivity contribution in [3.05, 3.63) is 23.0 Å². The van der Waals surface area contributed by atoms with Crippen molar-refractivity contribution in [2.75, 3.05) is 6.61 Å². The quantitative estimate of drug-likeness (QED) is 0.829. The first kappa shape index (κ1) is 11.4. The minimum atomic E-state index is -0.205. The molecule has 18 heavy (non-hydrogen) atoms. The Morgan fingerprint density at radius 1 is 1.39 bits per heavy atom. The van der Waals surface area contributed by atoms with Gasteiger partial charge in [0, 0.05) is 13.2 Å². The van der Waals surface area contributed by atoms with Crippen LogP contribution in [0.3, 0.4) is 0 Å². The molecule has 3 rings (SSSR count). The highest BCUT2D eigenvalue weighted by molar-refractivity contribution is 5.68. The van der Waals surface area contributed by atoms with Gasteiger partial charge in [-0.3, -0.25) is 4.79 Å². The summed E-state index contributed by atoms with van der Waals surface area (Å²) in [6, 6.07) is 0. The maximum Gasteiger partial charge on any atom is 0.278 e. The molecule has 2 N–H and O–H groups in total. The summed E-state index contributed by atoms with van der Waals surface area (Å²) in [7, 11) is 0. The van der Waals surface area contributed by atoms with E-state index >= 15 is 0 Å². The Bertz CT molecular complexity index is 603. The summed E-state index contributed by atoms with van der Waals surface area (Å²) in [5.74, 6) is 0.818. The first-order chi connectivity index (χ1) is 8.79. The fourth-order valence-corrected chi connectivity index (χ4v) is 2.87. The first-order valence-electron chi connectivity index (χ1n) is 6.29. The van der Waals surface area contributed by atoms with Crippen LogP contribution in [-0.2, 0) is 6.54 Å². The molecule has 2 heterocycles. The zero-order valence-electron chi connectivity index (χ0n) is 10.0. The van der Waals surface area contributed by atoms with Crippen molar-refractivity contribution >= 4 is 11.2 Å². The van der Waals surface area contributed by atoms with Gasteiger partial charge in [-0.2, -0.15) is 0 Å². The molecule has 96 valence electrons. The highest BCUT2D eigenvalue weighted by Crippen LogP contribution is 2.32. The van der Waals surface area contributed by atoms with Gasteiger partial charge in [-0.05, 0) is 24.7 Å². The predicted molar refractivity (Wildman–Crippen MR) is 66.1 cm³/mol. The normalized spacial score (nSPS) is 23.8. The van der Waals surface area contributed by atoms with Crippen LogP contribution in [0.5, 0.6) is 0 Å². The van der Waals surface area contributed by atoms with Crippen molar-refractivity contribution in [1.29, 1.82) is 0 Å². The summed E-state index contributed by atoms with van der Waals surface area (Å²) in [4.78, 5) is 22.3. The number of H-pyrrole nitrogens is 1. The van der Waals surface area contributed by atoms with Gasteiger partial charge in [0.15, 0.2) is 11.2 Å². The van der Waals surface area contributed by atoms with E-state index in [0.717, 1.165) is 25.8 Å². The van der Waals surface area contributed by atoms with Crippen LogP contribution in [0.15, 0.2) is 17.4 Å². The van der Waals surface area contributed by atoms with E-state index < -0.39 is 0 Å². The van der Waals surface area contributed by atoms with Crippen molar-refractivity contribution in [2.24, 2.45) is 11.8 Å². The van der Waals surface area contributed by atoms with Crippen molar-refractivity contribution < 1.29 is 5.11 Å². The van der Waals surface area contributed by atoms with Crippen LogP contribution in [0.1, 0.15) is 19.3 Å². The molecule has 1 fully saturated rings. The molecule has 6 nitrogen and oxygen atoms in total. The molecule has 0 saturated heterocycles. The fourth-order valence-electron chi connectivity index (χ4n) is 2.87. The molecule has 0 spiro atoms. The smallest absolute Gasteiger partial charge is 0.278 e. The Balaban J connectivity index is 1.91. The molecule has 0 radical (unpaired) electrons. The Hall–Kier alpha value is -1.69. The Labute approximate surface area is 104 Å². The fraction of sp³-hybridized carbons (Fsp3) is 0.583. The summed E-state index contributed by atoms with van der Waals surface area (Å²) < 4.78 is 1.92. The van der Waals surface area contributed by atoms with E-state index in [1.165, 1.54) is 6.33 Å². The van der Waals surface area contributed by atoms with E-state index in [4.69, 9.17) is 0 Å². The van der Waals surface area contributed by atoms with Crippen LogP contribution in [0.2, 0.25) is 0 Å². The Morgan fingerprint density at radius 2 is 2.22 bits per heavy atom.